The minimum atomic E-state index is 0.104. The zero-order valence-corrected chi connectivity index (χ0v) is 11.7. The molecule has 2 aromatic rings. The molecule has 0 bridgehead atoms. The second kappa shape index (κ2) is 5.70. The van der Waals surface area contributed by atoms with Crippen molar-refractivity contribution < 1.29 is 4.79 Å². The standard InChI is InChI=1S/C17H19NO/c1-13-8-4-5-9-15(13)12-18(3)17-11-7-6-10-16(17)14(2)19/h4-11H,12H2,1-3H3. The first kappa shape index (κ1) is 13.3. The van der Waals surface area contributed by atoms with Crippen LogP contribution >= 0.6 is 0 Å². The molecule has 0 radical (unpaired) electrons. The summed E-state index contributed by atoms with van der Waals surface area (Å²) in [6.45, 7) is 4.53. The third kappa shape index (κ3) is 3.02. The Hall–Kier alpha value is -2.09. The summed E-state index contributed by atoms with van der Waals surface area (Å²) in [7, 11) is 2.02. The molecular formula is C17H19NO. The molecule has 0 amide bonds. The minimum absolute atomic E-state index is 0.104. The summed E-state index contributed by atoms with van der Waals surface area (Å²) in [4.78, 5) is 13.8. The molecule has 0 saturated carbocycles. The SMILES string of the molecule is CC(=O)c1ccccc1N(C)Cc1ccccc1C. The normalized spacial score (nSPS) is 10.3. The molecule has 2 rings (SSSR count). The Labute approximate surface area is 114 Å². The lowest BCUT2D eigenvalue weighted by Crippen LogP contribution is -2.19. The van der Waals surface area contributed by atoms with Gasteiger partial charge in [-0.15, -0.1) is 0 Å². The Kier molecular flexibility index (Phi) is 4.00. The third-order valence-electron chi connectivity index (χ3n) is 3.36. The number of benzene rings is 2. The topological polar surface area (TPSA) is 20.3 Å². The van der Waals surface area contributed by atoms with Crippen molar-refractivity contribution in [1.82, 2.24) is 0 Å². The molecule has 0 heterocycles. The van der Waals surface area contributed by atoms with Crippen molar-refractivity contribution in [1.29, 1.82) is 0 Å². The van der Waals surface area contributed by atoms with Crippen LogP contribution in [0.25, 0.3) is 0 Å². The molecule has 0 aromatic heterocycles. The number of para-hydroxylation sites is 1. The number of nitrogens with zero attached hydrogens (tertiary/aromatic N) is 1. The summed E-state index contributed by atoms with van der Waals surface area (Å²) in [5.74, 6) is 0.104. The van der Waals surface area contributed by atoms with E-state index >= 15 is 0 Å². The number of anilines is 1. The Balaban J connectivity index is 2.28. The van der Waals surface area contributed by atoms with Crippen molar-refractivity contribution in [2.45, 2.75) is 20.4 Å². The number of hydrogen-bond donors (Lipinski definition) is 0. The second-order valence-electron chi connectivity index (χ2n) is 4.86. The molecule has 0 aliphatic carbocycles. The van der Waals surface area contributed by atoms with Crippen molar-refractivity contribution in [3.63, 3.8) is 0 Å². The third-order valence-corrected chi connectivity index (χ3v) is 3.36. The van der Waals surface area contributed by atoms with Crippen LogP contribution in [0.4, 0.5) is 5.69 Å². The lowest BCUT2D eigenvalue weighted by molar-refractivity contribution is 0.101. The largest absolute Gasteiger partial charge is 0.370 e. The lowest BCUT2D eigenvalue weighted by atomic mass is 10.1. The van der Waals surface area contributed by atoms with E-state index in [2.05, 4.69) is 24.0 Å². The van der Waals surface area contributed by atoms with Crippen molar-refractivity contribution in [3.8, 4) is 0 Å². The van der Waals surface area contributed by atoms with Crippen molar-refractivity contribution >= 4 is 11.5 Å². The number of carbonyl (C=O) groups excluding carboxylic acids is 1. The summed E-state index contributed by atoms with van der Waals surface area (Å²) in [5.41, 5.74) is 4.31. The van der Waals surface area contributed by atoms with Gasteiger partial charge < -0.3 is 4.90 Å². The van der Waals surface area contributed by atoms with Gasteiger partial charge in [-0.2, -0.15) is 0 Å². The smallest absolute Gasteiger partial charge is 0.161 e. The van der Waals surface area contributed by atoms with E-state index in [1.807, 2.05) is 43.4 Å². The molecule has 2 aromatic carbocycles. The van der Waals surface area contributed by atoms with E-state index in [1.165, 1.54) is 11.1 Å². The Morgan fingerprint density at radius 3 is 2.37 bits per heavy atom. The molecule has 0 spiro atoms. The number of aryl methyl sites for hydroxylation is 1. The van der Waals surface area contributed by atoms with E-state index < -0.39 is 0 Å². The maximum absolute atomic E-state index is 11.7. The second-order valence-corrected chi connectivity index (χ2v) is 4.86. The molecule has 0 aliphatic rings. The molecule has 0 N–H and O–H groups in total. The maximum Gasteiger partial charge on any atom is 0.161 e. The van der Waals surface area contributed by atoms with Crippen LogP contribution in [0, 0.1) is 6.92 Å². The van der Waals surface area contributed by atoms with Crippen LogP contribution in [-0.2, 0) is 6.54 Å². The highest BCUT2D eigenvalue weighted by Gasteiger charge is 2.11. The van der Waals surface area contributed by atoms with Crippen LogP contribution in [0.15, 0.2) is 48.5 Å². The summed E-state index contributed by atoms with van der Waals surface area (Å²) in [5, 5.41) is 0. The average Bonchev–Trinajstić information content (AvgIpc) is 2.41. The lowest BCUT2D eigenvalue weighted by Gasteiger charge is -2.22. The van der Waals surface area contributed by atoms with Gasteiger partial charge >= 0.3 is 0 Å². The highest BCUT2D eigenvalue weighted by molar-refractivity contribution is 5.99. The molecule has 0 aliphatic heterocycles. The zero-order chi connectivity index (χ0) is 13.8. The first-order valence-electron chi connectivity index (χ1n) is 6.45. The summed E-state index contributed by atoms with van der Waals surface area (Å²) in [6, 6.07) is 16.1. The van der Waals surface area contributed by atoms with E-state index in [4.69, 9.17) is 0 Å². The summed E-state index contributed by atoms with van der Waals surface area (Å²) >= 11 is 0. The van der Waals surface area contributed by atoms with Gasteiger partial charge in [0.1, 0.15) is 0 Å². The molecule has 2 nitrogen and oxygen atoms in total. The molecular weight excluding hydrogens is 234 g/mol. The van der Waals surface area contributed by atoms with Gasteiger partial charge in [0.15, 0.2) is 5.78 Å². The van der Waals surface area contributed by atoms with Gasteiger partial charge in [-0.05, 0) is 37.1 Å². The fraction of sp³-hybridized carbons (Fsp3) is 0.235. The van der Waals surface area contributed by atoms with Gasteiger partial charge in [0.2, 0.25) is 0 Å². The fourth-order valence-electron chi connectivity index (χ4n) is 2.23. The van der Waals surface area contributed by atoms with Gasteiger partial charge in [-0.1, -0.05) is 36.4 Å². The number of rotatable bonds is 4. The van der Waals surface area contributed by atoms with Crippen molar-refractivity contribution in [3.05, 3.63) is 65.2 Å². The van der Waals surface area contributed by atoms with Gasteiger partial charge in [0.25, 0.3) is 0 Å². The van der Waals surface area contributed by atoms with Gasteiger partial charge in [0, 0.05) is 24.8 Å². The predicted molar refractivity (Wildman–Crippen MR) is 79.7 cm³/mol. The number of ketones is 1. The Morgan fingerprint density at radius 1 is 1.05 bits per heavy atom. The van der Waals surface area contributed by atoms with Gasteiger partial charge in [-0.25, -0.2) is 0 Å². The first-order valence-corrected chi connectivity index (χ1v) is 6.45. The van der Waals surface area contributed by atoms with E-state index in [0.29, 0.717) is 0 Å². The van der Waals surface area contributed by atoms with Crippen molar-refractivity contribution in [2.24, 2.45) is 0 Å². The van der Waals surface area contributed by atoms with Crippen LogP contribution in [0.1, 0.15) is 28.4 Å². The predicted octanol–water partition coefficient (Wildman–Crippen LogP) is 3.83. The molecule has 0 fully saturated rings. The summed E-state index contributed by atoms with van der Waals surface area (Å²) in [6.07, 6.45) is 0. The number of carbonyl (C=O) groups is 1. The average molecular weight is 253 g/mol. The Morgan fingerprint density at radius 2 is 1.68 bits per heavy atom. The van der Waals surface area contributed by atoms with Crippen LogP contribution in [0.5, 0.6) is 0 Å². The molecule has 98 valence electrons. The number of hydrogen-bond acceptors (Lipinski definition) is 2. The fourth-order valence-corrected chi connectivity index (χ4v) is 2.23. The van der Waals surface area contributed by atoms with E-state index in [1.54, 1.807) is 6.92 Å². The van der Waals surface area contributed by atoms with Gasteiger partial charge in [-0.3, -0.25) is 4.79 Å². The van der Waals surface area contributed by atoms with E-state index in [0.717, 1.165) is 17.8 Å². The van der Waals surface area contributed by atoms with E-state index in [9.17, 15) is 4.79 Å². The Bertz CT molecular complexity index is 589. The highest BCUT2D eigenvalue weighted by Crippen LogP contribution is 2.22. The summed E-state index contributed by atoms with van der Waals surface area (Å²) < 4.78 is 0. The quantitative estimate of drug-likeness (QED) is 0.772. The zero-order valence-electron chi connectivity index (χ0n) is 11.7. The monoisotopic (exact) mass is 253 g/mol. The van der Waals surface area contributed by atoms with Crippen LogP contribution in [0.3, 0.4) is 0 Å². The van der Waals surface area contributed by atoms with Gasteiger partial charge in [0.05, 0.1) is 0 Å². The molecule has 0 saturated heterocycles. The van der Waals surface area contributed by atoms with Crippen molar-refractivity contribution in [2.75, 3.05) is 11.9 Å². The maximum atomic E-state index is 11.7. The molecule has 19 heavy (non-hydrogen) atoms. The number of Topliss-reactive ketones (excluding diaryl/α,β-unsaturated/α-hetero) is 1. The minimum Gasteiger partial charge on any atom is -0.370 e. The molecule has 0 atom stereocenters. The van der Waals surface area contributed by atoms with Crippen LogP contribution in [0.2, 0.25) is 0 Å². The molecule has 0 unspecified atom stereocenters. The highest BCUT2D eigenvalue weighted by atomic mass is 16.1. The van der Waals surface area contributed by atoms with E-state index in [-0.39, 0.29) is 5.78 Å². The van der Waals surface area contributed by atoms with Crippen LogP contribution in [-0.4, -0.2) is 12.8 Å². The molecule has 2 heteroatoms. The van der Waals surface area contributed by atoms with Crippen LogP contribution < -0.4 is 4.90 Å². The first-order chi connectivity index (χ1) is 9.09.